The Morgan fingerprint density at radius 2 is 2.06 bits per heavy atom. The maximum absolute atomic E-state index is 12.1. The summed E-state index contributed by atoms with van der Waals surface area (Å²) in [5.74, 6) is 0.399. The van der Waals surface area contributed by atoms with E-state index in [1.165, 1.54) is 0 Å². The Morgan fingerprint density at radius 3 is 2.65 bits per heavy atom. The summed E-state index contributed by atoms with van der Waals surface area (Å²) in [6.07, 6.45) is 0. The summed E-state index contributed by atoms with van der Waals surface area (Å²) in [6.45, 7) is 6.07. The minimum Gasteiger partial charge on any atom is -0.349 e. The molecule has 2 nitrogen and oxygen atoms in total. The molecule has 0 saturated heterocycles. The Bertz CT molecular complexity index is 406. The molecule has 1 aromatic rings. The molecule has 4 heteroatoms. The number of halogens is 2. The summed E-state index contributed by atoms with van der Waals surface area (Å²) in [6, 6.07) is 5.89. The molecule has 0 heterocycles. The van der Waals surface area contributed by atoms with Gasteiger partial charge in [0.15, 0.2) is 0 Å². The van der Waals surface area contributed by atoms with Crippen molar-refractivity contribution in [1.29, 1.82) is 0 Å². The van der Waals surface area contributed by atoms with Crippen LogP contribution in [0.2, 0.25) is 0 Å². The van der Waals surface area contributed by atoms with Crippen molar-refractivity contribution >= 4 is 37.8 Å². The summed E-state index contributed by atoms with van der Waals surface area (Å²) in [5.41, 5.74) is 1.72. The first-order valence-electron chi connectivity index (χ1n) is 5.58. The lowest BCUT2D eigenvalue weighted by atomic mass is 10.0. The third-order valence-corrected chi connectivity index (χ3v) is 4.41. The van der Waals surface area contributed by atoms with Gasteiger partial charge in [0.2, 0.25) is 0 Å². The smallest absolute Gasteiger partial charge is 0.251 e. The van der Waals surface area contributed by atoms with E-state index >= 15 is 0 Å². The number of benzene rings is 1. The fraction of sp³-hybridized carbons (Fsp3) is 0.462. The van der Waals surface area contributed by atoms with Crippen LogP contribution in [0.3, 0.4) is 0 Å². The highest BCUT2D eigenvalue weighted by Crippen LogP contribution is 2.16. The number of amides is 1. The van der Waals surface area contributed by atoms with E-state index in [9.17, 15) is 4.79 Å². The van der Waals surface area contributed by atoms with Crippen LogP contribution in [-0.2, 0) is 0 Å². The lowest BCUT2D eigenvalue weighted by Gasteiger charge is -2.19. The molecule has 0 saturated carbocycles. The van der Waals surface area contributed by atoms with Crippen molar-refractivity contribution in [2.24, 2.45) is 5.92 Å². The average Bonchev–Trinajstić information content (AvgIpc) is 2.30. The van der Waals surface area contributed by atoms with Gasteiger partial charge in [0.05, 0.1) is 0 Å². The molecule has 0 aliphatic carbocycles. The van der Waals surface area contributed by atoms with Crippen molar-refractivity contribution in [1.82, 2.24) is 5.32 Å². The maximum Gasteiger partial charge on any atom is 0.251 e. The van der Waals surface area contributed by atoms with E-state index in [4.69, 9.17) is 0 Å². The Hall–Kier alpha value is -0.350. The van der Waals surface area contributed by atoms with E-state index in [0.717, 1.165) is 20.9 Å². The normalized spacial score (nSPS) is 14.2. The quantitative estimate of drug-likeness (QED) is 0.808. The molecule has 2 unspecified atom stereocenters. The molecule has 0 bridgehead atoms. The number of alkyl halides is 1. The van der Waals surface area contributed by atoms with Gasteiger partial charge in [0, 0.05) is 21.4 Å². The molecule has 0 aromatic heterocycles. The monoisotopic (exact) mass is 361 g/mol. The second kappa shape index (κ2) is 6.55. The minimum atomic E-state index is -0.0101. The second-order valence-corrected chi connectivity index (χ2v) is 5.92. The standard InChI is InChI=1S/C13H17Br2NO/c1-8-4-5-11(15)6-12(8)13(17)16-10(3)9(2)7-14/h4-6,9-10H,7H2,1-3H3,(H,16,17). The van der Waals surface area contributed by atoms with E-state index in [1.54, 1.807) is 0 Å². The van der Waals surface area contributed by atoms with Crippen LogP contribution < -0.4 is 5.32 Å². The van der Waals surface area contributed by atoms with Crippen molar-refractivity contribution in [3.05, 3.63) is 33.8 Å². The predicted octanol–water partition coefficient (Wildman–Crippen LogP) is 3.91. The molecule has 94 valence electrons. The summed E-state index contributed by atoms with van der Waals surface area (Å²) in [5, 5.41) is 3.91. The fourth-order valence-electron chi connectivity index (χ4n) is 1.40. The topological polar surface area (TPSA) is 29.1 Å². The predicted molar refractivity (Wildman–Crippen MR) is 78.8 cm³/mol. The number of hydrogen-bond acceptors (Lipinski definition) is 1. The molecule has 0 radical (unpaired) electrons. The summed E-state index contributed by atoms with van der Waals surface area (Å²) in [4.78, 5) is 12.1. The SMILES string of the molecule is Cc1ccc(Br)cc1C(=O)NC(C)C(C)CBr. The Morgan fingerprint density at radius 1 is 1.41 bits per heavy atom. The number of rotatable bonds is 4. The van der Waals surface area contributed by atoms with Crippen LogP contribution in [0.5, 0.6) is 0 Å². The Labute approximate surface area is 119 Å². The van der Waals surface area contributed by atoms with Gasteiger partial charge in [0.1, 0.15) is 0 Å². The van der Waals surface area contributed by atoms with Crippen LogP contribution in [0.15, 0.2) is 22.7 Å². The highest BCUT2D eigenvalue weighted by Gasteiger charge is 2.16. The maximum atomic E-state index is 12.1. The zero-order valence-electron chi connectivity index (χ0n) is 10.3. The lowest BCUT2D eigenvalue weighted by molar-refractivity contribution is 0.0930. The molecule has 1 rings (SSSR count). The van der Waals surface area contributed by atoms with Crippen LogP contribution in [0, 0.1) is 12.8 Å². The third kappa shape index (κ3) is 4.11. The number of carbonyl (C=O) groups is 1. The second-order valence-electron chi connectivity index (χ2n) is 4.35. The molecule has 2 atom stereocenters. The summed E-state index contributed by atoms with van der Waals surface area (Å²) in [7, 11) is 0. The Kier molecular flexibility index (Phi) is 5.67. The molecule has 17 heavy (non-hydrogen) atoms. The van der Waals surface area contributed by atoms with Gasteiger partial charge < -0.3 is 5.32 Å². The van der Waals surface area contributed by atoms with Crippen molar-refractivity contribution in [3.63, 3.8) is 0 Å². The molecular formula is C13H17Br2NO. The van der Waals surface area contributed by atoms with Gasteiger partial charge in [-0.05, 0) is 37.5 Å². The lowest BCUT2D eigenvalue weighted by Crippen LogP contribution is -2.37. The van der Waals surface area contributed by atoms with Gasteiger partial charge >= 0.3 is 0 Å². The van der Waals surface area contributed by atoms with Gasteiger partial charge in [-0.25, -0.2) is 0 Å². The Balaban J connectivity index is 2.79. The minimum absolute atomic E-state index is 0.0101. The van der Waals surface area contributed by atoms with Crippen LogP contribution in [0.4, 0.5) is 0 Å². The highest BCUT2D eigenvalue weighted by molar-refractivity contribution is 9.10. The van der Waals surface area contributed by atoms with E-state index in [-0.39, 0.29) is 11.9 Å². The summed E-state index contributed by atoms with van der Waals surface area (Å²) < 4.78 is 0.925. The van der Waals surface area contributed by atoms with Gasteiger partial charge in [-0.2, -0.15) is 0 Å². The number of hydrogen-bond donors (Lipinski definition) is 1. The van der Waals surface area contributed by atoms with Crippen molar-refractivity contribution < 1.29 is 4.79 Å². The van der Waals surface area contributed by atoms with E-state index in [0.29, 0.717) is 5.92 Å². The molecule has 1 amide bonds. The molecule has 1 aromatic carbocycles. The van der Waals surface area contributed by atoms with E-state index < -0.39 is 0 Å². The number of aryl methyl sites for hydroxylation is 1. The van der Waals surface area contributed by atoms with Gasteiger partial charge in [0.25, 0.3) is 5.91 Å². The van der Waals surface area contributed by atoms with Gasteiger partial charge in [-0.3, -0.25) is 4.79 Å². The van der Waals surface area contributed by atoms with E-state index in [2.05, 4.69) is 44.1 Å². The first kappa shape index (κ1) is 14.7. The molecule has 0 aliphatic rings. The molecule has 0 aliphatic heterocycles. The average molecular weight is 363 g/mol. The van der Waals surface area contributed by atoms with Crippen molar-refractivity contribution in [2.75, 3.05) is 5.33 Å². The number of carbonyl (C=O) groups excluding carboxylic acids is 1. The van der Waals surface area contributed by atoms with Gasteiger partial charge in [-0.15, -0.1) is 0 Å². The largest absolute Gasteiger partial charge is 0.349 e. The van der Waals surface area contributed by atoms with Crippen molar-refractivity contribution in [3.8, 4) is 0 Å². The molecule has 1 N–H and O–H groups in total. The highest BCUT2D eigenvalue weighted by atomic mass is 79.9. The zero-order valence-corrected chi connectivity index (χ0v) is 13.4. The van der Waals surface area contributed by atoms with E-state index in [1.807, 2.05) is 32.0 Å². The zero-order chi connectivity index (χ0) is 13.0. The van der Waals surface area contributed by atoms with Crippen LogP contribution in [0.25, 0.3) is 0 Å². The van der Waals surface area contributed by atoms with Crippen LogP contribution in [0.1, 0.15) is 29.8 Å². The molecule has 0 spiro atoms. The first-order valence-corrected chi connectivity index (χ1v) is 7.50. The fourth-order valence-corrected chi connectivity index (χ4v) is 2.32. The van der Waals surface area contributed by atoms with Crippen LogP contribution >= 0.6 is 31.9 Å². The molecular weight excluding hydrogens is 346 g/mol. The summed E-state index contributed by atoms with van der Waals surface area (Å²) >= 11 is 6.81. The van der Waals surface area contributed by atoms with Gasteiger partial charge in [-0.1, -0.05) is 44.8 Å². The third-order valence-electron chi connectivity index (χ3n) is 2.90. The molecule has 0 fully saturated rings. The van der Waals surface area contributed by atoms with Crippen LogP contribution in [-0.4, -0.2) is 17.3 Å². The number of nitrogens with one attached hydrogen (secondary N) is 1. The van der Waals surface area contributed by atoms with Crippen molar-refractivity contribution in [2.45, 2.75) is 26.8 Å². The first-order chi connectivity index (χ1) is 7.95.